The third-order valence-corrected chi connectivity index (χ3v) is 6.55. The van der Waals surface area contributed by atoms with Crippen molar-refractivity contribution in [1.29, 1.82) is 0 Å². The first-order valence-corrected chi connectivity index (χ1v) is 9.94. The third-order valence-electron chi connectivity index (χ3n) is 5.66. The first-order chi connectivity index (χ1) is 12.7. The number of halogens is 2. The van der Waals surface area contributed by atoms with Crippen LogP contribution in [0.2, 0.25) is 0 Å². The molecule has 9 heteroatoms. The highest BCUT2D eigenvalue weighted by Crippen LogP contribution is 2.37. The molecule has 28 heavy (non-hydrogen) atoms. The molecule has 152 valence electrons. The molecule has 0 spiro atoms. The average Bonchev–Trinajstić information content (AvgIpc) is 3.39. The van der Waals surface area contributed by atoms with E-state index in [0.29, 0.717) is 23.8 Å². The van der Waals surface area contributed by atoms with Gasteiger partial charge >= 0.3 is 0 Å². The van der Waals surface area contributed by atoms with Crippen molar-refractivity contribution in [2.75, 3.05) is 13.8 Å². The number of nitrogens with zero attached hydrogens (tertiary/aromatic N) is 2. The molecule has 2 unspecified atom stereocenters. The van der Waals surface area contributed by atoms with E-state index in [4.69, 9.17) is 9.47 Å². The van der Waals surface area contributed by atoms with Crippen LogP contribution in [0.25, 0.3) is 10.6 Å². The van der Waals surface area contributed by atoms with Crippen molar-refractivity contribution in [3.05, 3.63) is 29.3 Å². The maximum Gasteiger partial charge on any atom is 0.273 e. The van der Waals surface area contributed by atoms with E-state index < -0.39 is 0 Å². The van der Waals surface area contributed by atoms with E-state index in [0.717, 1.165) is 34.9 Å². The molecular weight excluding hydrogens is 421 g/mol. The first kappa shape index (κ1) is 21.2. The smallest absolute Gasteiger partial charge is 0.273 e. The molecule has 0 saturated carbocycles. The first-order valence-electron chi connectivity index (χ1n) is 9.06. The molecule has 2 saturated heterocycles. The van der Waals surface area contributed by atoms with Crippen LogP contribution < -0.4 is 14.8 Å². The summed E-state index contributed by atoms with van der Waals surface area (Å²) in [6.07, 6.45) is 4.54. The number of ether oxygens (including phenoxy) is 2. The van der Waals surface area contributed by atoms with Crippen molar-refractivity contribution >= 4 is 42.1 Å². The molecule has 2 fully saturated rings. The van der Waals surface area contributed by atoms with E-state index in [2.05, 4.69) is 10.3 Å². The van der Waals surface area contributed by atoms with Crippen LogP contribution in [-0.2, 0) is 0 Å². The molecule has 3 aliphatic heterocycles. The molecule has 4 heterocycles. The van der Waals surface area contributed by atoms with Crippen LogP contribution in [0.1, 0.15) is 36.2 Å². The van der Waals surface area contributed by atoms with E-state index >= 15 is 0 Å². The number of carbonyl (C=O) groups is 1. The number of aromatic nitrogens is 1. The van der Waals surface area contributed by atoms with Crippen molar-refractivity contribution < 1.29 is 14.3 Å². The van der Waals surface area contributed by atoms with Gasteiger partial charge in [0.15, 0.2) is 11.5 Å². The highest BCUT2D eigenvalue weighted by molar-refractivity contribution is 7.13. The summed E-state index contributed by atoms with van der Waals surface area (Å²) in [5.74, 6) is 1.49. The molecule has 1 aromatic heterocycles. The Hall–Kier alpha value is -1.54. The number of carbonyl (C=O) groups excluding carboxylic acids is 1. The lowest BCUT2D eigenvalue weighted by Crippen LogP contribution is -2.48. The fourth-order valence-electron chi connectivity index (χ4n) is 4.22. The zero-order valence-corrected chi connectivity index (χ0v) is 17.9. The Labute approximate surface area is 180 Å². The summed E-state index contributed by atoms with van der Waals surface area (Å²) in [4.78, 5) is 19.4. The largest absolute Gasteiger partial charge is 0.454 e. The minimum atomic E-state index is 0. The quantitative estimate of drug-likeness (QED) is 0.782. The van der Waals surface area contributed by atoms with Crippen LogP contribution in [0.4, 0.5) is 0 Å². The number of benzene rings is 1. The van der Waals surface area contributed by atoms with Gasteiger partial charge in [0.1, 0.15) is 10.7 Å². The molecular formula is C19H23Cl2N3O3S. The van der Waals surface area contributed by atoms with Gasteiger partial charge in [-0.05, 0) is 43.9 Å². The third kappa shape index (κ3) is 3.81. The molecule has 5 rings (SSSR count). The number of rotatable bonds is 3. The number of thiazole rings is 1. The predicted molar refractivity (Wildman–Crippen MR) is 113 cm³/mol. The van der Waals surface area contributed by atoms with E-state index in [9.17, 15) is 4.79 Å². The van der Waals surface area contributed by atoms with Gasteiger partial charge in [0.2, 0.25) is 6.79 Å². The monoisotopic (exact) mass is 443 g/mol. The van der Waals surface area contributed by atoms with Crippen LogP contribution in [0, 0.1) is 0 Å². The summed E-state index contributed by atoms with van der Waals surface area (Å²) >= 11 is 1.49. The summed E-state index contributed by atoms with van der Waals surface area (Å²) in [5, 5.41) is 6.31. The van der Waals surface area contributed by atoms with Gasteiger partial charge in [-0.3, -0.25) is 4.79 Å². The van der Waals surface area contributed by atoms with Gasteiger partial charge < -0.3 is 19.7 Å². The van der Waals surface area contributed by atoms with Crippen molar-refractivity contribution in [3.63, 3.8) is 0 Å². The number of hydrogen-bond acceptors (Lipinski definition) is 6. The molecule has 6 nitrogen and oxygen atoms in total. The van der Waals surface area contributed by atoms with Crippen LogP contribution in [0.15, 0.2) is 23.6 Å². The molecule has 1 N–H and O–H groups in total. The number of nitrogens with one attached hydrogen (secondary N) is 1. The van der Waals surface area contributed by atoms with Crippen LogP contribution in [0.5, 0.6) is 11.5 Å². The van der Waals surface area contributed by atoms with E-state index in [-0.39, 0.29) is 37.5 Å². The maximum atomic E-state index is 12.9. The normalized spacial score (nSPS) is 24.2. The van der Waals surface area contributed by atoms with Crippen LogP contribution in [-0.4, -0.2) is 47.8 Å². The molecule has 0 aliphatic carbocycles. The van der Waals surface area contributed by atoms with Crippen molar-refractivity contribution in [2.45, 2.75) is 43.8 Å². The summed E-state index contributed by atoms with van der Waals surface area (Å²) < 4.78 is 10.8. The minimum absolute atomic E-state index is 0. The lowest BCUT2D eigenvalue weighted by molar-refractivity contribution is 0.0676. The van der Waals surface area contributed by atoms with Crippen molar-refractivity contribution in [1.82, 2.24) is 15.2 Å². The fourth-order valence-corrected chi connectivity index (χ4v) is 5.01. The molecule has 3 aliphatic rings. The Kier molecular flexibility index (Phi) is 6.39. The van der Waals surface area contributed by atoms with Gasteiger partial charge in [-0.15, -0.1) is 36.2 Å². The van der Waals surface area contributed by atoms with Crippen LogP contribution >= 0.6 is 36.2 Å². The molecule has 0 radical (unpaired) electrons. The fraction of sp³-hybridized carbons (Fsp3) is 0.474. The van der Waals surface area contributed by atoms with Gasteiger partial charge in [0.25, 0.3) is 5.91 Å². The minimum Gasteiger partial charge on any atom is -0.454 e. The number of piperidine rings is 1. The van der Waals surface area contributed by atoms with Gasteiger partial charge in [-0.1, -0.05) is 0 Å². The molecule has 1 amide bonds. The highest BCUT2D eigenvalue weighted by atomic mass is 35.5. The zero-order chi connectivity index (χ0) is 17.7. The second-order valence-electron chi connectivity index (χ2n) is 7.29. The molecule has 1 aromatic carbocycles. The Morgan fingerprint density at radius 1 is 1.18 bits per heavy atom. The van der Waals surface area contributed by atoms with Crippen molar-refractivity contribution in [2.24, 2.45) is 0 Å². The SMILES string of the molecule is CN(C(=O)c1csc(-c2ccc3c(c2)OCO3)n1)C1CC2CCC(C1)N2.Cl.Cl. The van der Waals surface area contributed by atoms with E-state index in [1.807, 2.05) is 35.5 Å². The predicted octanol–water partition coefficient (Wildman–Crippen LogP) is 3.74. The van der Waals surface area contributed by atoms with Crippen LogP contribution in [0.3, 0.4) is 0 Å². The Morgan fingerprint density at radius 2 is 1.89 bits per heavy atom. The average molecular weight is 444 g/mol. The van der Waals surface area contributed by atoms with E-state index in [1.54, 1.807) is 0 Å². The topological polar surface area (TPSA) is 63.7 Å². The molecule has 2 atom stereocenters. The Balaban J connectivity index is 0.00000112. The van der Waals surface area contributed by atoms with Crippen molar-refractivity contribution in [3.8, 4) is 22.1 Å². The summed E-state index contributed by atoms with van der Waals surface area (Å²) in [6.45, 7) is 0.253. The van der Waals surface area contributed by atoms with Gasteiger partial charge in [-0.25, -0.2) is 4.98 Å². The van der Waals surface area contributed by atoms with Gasteiger partial charge in [0.05, 0.1) is 0 Å². The maximum absolute atomic E-state index is 12.9. The Bertz CT molecular complexity index is 851. The number of hydrogen-bond donors (Lipinski definition) is 1. The second-order valence-corrected chi connectivity index (χ2v) is 8.14. The van der Waals surface area contributed by atoms with Gasteiger partial charge in [-0.2, -0.15) is 0 Å². The number of amides is 1. The second kappa shape index (κ2) is 8.45. The van der Waals surface area contributed by atoms with E-state index in [1.165, 1.54) is 24.2 Å². The summed E-state index contributed by atoms with van der Waals surface area (Å²) in [5.41, 5.74) is 1.47. The van der Waals surface area contributed by atoms with Gasteiger partial charge in [0, 0.05) is 36.1 Å². The highest BCUT2D eigenvalue weighted by Gasteiger charge is 2.36. The number of fused-ring (bicyclic) bond motifs is 3. The molecule has 2 bridgehead atoms. The molecule has 2 aromatic rings. The zero-order valence-electron chi connectivity index (χ0n) is 15.4. The lowest BCUT2D eigenvalue weighted by Gasteiger charge is -2.35. The standard InChI is InChI=1S/C19H21N3O3S.2ClH/c1-22(14-7-12-3-4-13(8-14)20-12)19(23)15-9-26-18(21-15)11-2-5-16-17(6-11)25-10-24-16;;/h2,5-6,9,12-14,20H,3-4,7-8,10H2,1H3;2*1H. The summed E-state index contributed by atoms with van der Waals surface area (Å²) in [7, 11) is 1.91. The lowest BCUT2D eigenvalue weighted by atomic mass is 9.98. The summed E-state index contributed by atoms with van der Waals surface area (Å²) in [6, 6.07) is 7.19. The Morgan fingerprint density at radius 3 is 2.64 bits per heavy atom.